The Balaban J connectivity index is 1.36. The third kappa shape index (κ3) is 4.68. The van der Waals surface area contributed by atoms with Crippen LogP contribution in [0.4, 0.5) is 11.5 Å². The monoisotopic (exact) mass is 391 g/mol. The Hall–Kier alpha value is -3.50. The molecule has 0 aliphatic carbocycles. The van der Waals surface area contributed by atoms with Crippen LogP contribution >= 0.6 is 0 Å². The third-order valence-electron chi connectivity index (χ3n) is 4.45. The topological polar surface area (TPSA) is 134 Å². The van der Waals surface area contributed by atoms with Gasteiger partial charge in [-0.25, -0.2) is 15.0 Å². The number of aromatic nitrogens is 3. The Morgan fingerprint density at radius 3 is 2.97 bits per heavy atom. The first kappa shape index (κ1) is 18.8. The molecule has 0 saturated heterocycles. The van der Waals surface area contributed by atoms with Gasteiger partial charge in [0.2, 0.25) is 0 Å². The van der Waals surface area contributed by atoms with Gasteiger partial charge in [-0.15, -0.1) is 0 Å². The fourth-order valence-electron chi connectivity index (χ4n) is 2.92. The van der Waals surface area contributed by atoms with E-state index < -0.39 is 0 Å². The second-order valence-electron chi connectivity index (χ2n) is 6.54. The largest absolute Gasteiger partial charge is 0.320 e. The summed E-state index contributed by atoms with van der Waals surface area (Å²) in [6.45, 7) is 1.26. The zero-order valence-corrected chi connectivity index (χ0v) is 15.6. The van der Waals surface area contributed by atoms with Crippen molar-refractivity contribution in [3.8, 4) is 0 Å². The maximum atomic E-state index is 12.5. The van der Waals surface area contributed by atoms with Crippen LogP contribution in [0, 0.1) is 0 Å². The smallest absolute Gasteiger partial charge is 0.275 e. The van der Waals surface area contributed by atoms with Gasteiger partial charge in [0.25, 0.3) is 5.91 Å². The van der Waals surface area contributed by atoms with Crippen molar-refractivity contribution in [2.24, 2.45) is 15.8 Å². The molecule has 2 aromatic heterocycles. The van der Waals surface area contributed by atoms with Crippen molar-refractivity contribution in [3.05, 3.63) is 54.3 Å². The number of aliphatic imine (C=N–C) groups is 1. The van der Waals surface area contributed by atoms with Crippen molar-refractivity contribution in [1.29, 1.82) is 0 Å². The molecular weight excluding hydrogens is 370 g/mol. The van der Waals surface area contributed by atoms with E-state index in [9.17, 15) is 4.79 Å². The van der Waals surface area contributed by atoms with Gasteiger partial charge in [-0.05, 0) is 18.2 Å². The van der Waals surface area contributed by atoms with E-state index in [0.29, 0.717) is 18.1 Å². The molecule has 0 bridgehead atoms. The number of nitrogens with one attached hydrogen (secondary N) is 2. The fourth-order valence-corrected chi connectivity index (χ4v) is 2.92. The van der Waals surface area contributed by atoms with E-state index in [-0.39, 0.29) is 23.8 Å². The normalized spacial score (nSPS) is 20.2. The van der Waals surface area contributed by atoms with Gasteiger partial charge in [-0.3, -0.25) is 14.8 Å². The highest BCUT2D eigenvalue weighted by molar-refractivity contribution is 6.02. The summed E-state index contributed by atoms with van der Waals surface area (Å²) in [6.07, 6.45) is 12.5. The highest BCUT2D eigenvalue weighted by Crippen LogP contribution is 2.14. The molecule has 0 saturated carbocycles. The summed E-state index contributed by atoms with van der Waals surface area (Å²) >= 11 is 0. The summed E-state index contributed by atoms with van der Waals surface area (Å²) < 4.78 is 0. The van der Waals surface area contributed by atoms with Gasteiger partial charge >= 0.3 is 0 Å². The molecule has 10 nitrogen and oxygen atoms in total. The predicted octanol–water partition coefficient (Wildman–Crippen LogP) is 0.703. The molecule has 4 heterocycles. The maximum Gasteiger partial charge on any atom is 0.275 e. The summed E-state index contributed by atoms with van der Waals surface area (Å²) in [4.78, 5) is 29.4. The molecule has 4 N–H and O–H groups in total. The minimum absolute atomic E-state index is 0.0613. The summed E-state index contributed by atoms with van der Waals surface area (Å²) in [5.41, 5.74) is 7.56. The van der Waals surface area contributed by atoms with E-state index in [4.69, 9.17) is 5.73 Å². The van der Waals surface area contributed by atoms with Crippen LogP contribution in [0.5, 0.6) is 0 Å². The molecule has 1 amide bonds. The van der Waals surface area contributed by atoms with Crippen molar-refractivity contribution < 1.29 is 4.79 Å². The summed E-state index contributed by atoms with van der Waals surface area (Å²) in [5, 5.41) is 12.0. The standard InChI is InChI=1S/C19H21N9O/c20-18-15(3-1-5-22-18)23-10-14-9-13(4-7-21-14)27-19(29)16-11-25-17(12-24-16)28-8-2-6-26-28/h1,3-7,9,11-12,15,18,23H,2,8,10,20H2,(H,21,27,29). The molecule has 2 aliphatic rings. The highest BCUT2D eigenvalue weighted by atomic mass is 16.1. The molecule has 0 spiro atoms. The molecule has 148 valence electrons. The number of anilines is 2. The Morgan fingerprint density at radius 1 is 1.28 bits per heavy atom. The van der Waals surface area contributed by atoms with E-state index in [1.807, 2.05) is 18.4 Å². The van der Waals surface area contributed by atoms with E-state index >= 15 is 0 Å². The lowest BCUT2D eigenvalue weighted by Gasteiger charge is -2.20. The van der Waals surface area contributed by atoms with Crippen molar-refractivity contribution in [3.63, 3.8) is 0 Å². The second kappa shape index (κ2) is 8.67. The van der Waals surface area contributed by atoms with Crippen molar-refractivity contribution in [1.82, 2.24) is 20.3 Å². The summed E-state index contributed by atoms with van der Waals surface area (Å²) in [6, 6.07) is 3.46. The number of dihydropyridines is 1. The number of nitrogens with two attached hydrogens (primary N) is 1. The molecule has 0 radical (unpaired) electrons. The number of nitrogens with zero attached hydrogens (tertiary/aromatic N) is 6. The summed E-state index contributed by atoms with van der Waals surface area (Å²) in [5.74, 6) is 0.275. The van der Waals surface area contributed by atoms with Gasteiger partial charge < -0.3 is 16.4 Å². The Kier molecular flexibility index (Phi) is 5.63. The van der Waals surface area contributed by atoms with Crippen LogP contribution in [0.15, 0.2) is 53.0 Å². The zero-order valence-electron chi connectivity index (χ0n) is 15.6. The molecule has 10 heteroatoms. The lowest BCUT2D eigenvalue weighted by Crippen LogP contribution is -2.43. The van der Waals surface area contributed by atoms with Crippen LogP contribution in [-0.2, 0) is 6.54 Å². The molecule has 0 fully saturated rings. The molecule has 2 aromatic rings. The minimum Gasteiger partial charge on any atom is -0.320 e. The average Bonchev–Trinajstić information content (AvgIpc) is 3.28. The number of pyridine rings is 1. The van der Waals surface area contributed by atoms with Gasteiger partial charge in [-0.2, -0.15) is 5.10 Å². The number of carbonyl (C=O) groups excluding carboxylic acids is 1. The Labute approximate surface area is 167 Å². The SMILES string of the molecule is NC1N=CC=CC1NCc1cc(NC(=O)c2cnc(N3CCC=N3)cn2)ccn1. The Bertz CT molecular complexity index is 954. The third-order valence-corrected chi connectivity index (χ3v) is 4.45. The van der Waals surface area contributed by atoms with E-state index in [2.05, 4.69) is 35.7 Å². The number of allylic oxidation sites excluding steroid dienone is 1. The highest BCUT2D eigenvalue weighted by Gasteiger charge is 2.16. The molecule has 2 unspecified atom stereocenters. The van der Waals surface area contributed by atoms with Crippen LogP contribution in [0.25, 0.3) is 0 Å². The van der Waals surface area contributed by atoms with Crippen LogP contribution in [0.1, 0.15) is 22.6 Å². The molecule has 2 aliphatic heterocycles. The summed E-state index contributed by atoms with van der Waals surface area (Å²) in [7, 11) is 0. The van der Waals surface area contributed by atoms with Gasteiger partial charge in [0, 0.05) is 43.8 Å². The molecular formula is C19H21N9O. The maximum absolute atomic E-state index is 12.5. The average molecular weight is 391 g/mol. The molecule has 4 rings (SSSR count). The lowest BCUT2D eigenvalue weighted by molar-refractivity contribution is 0.102. The van der Waals surface area contributed by atoms with Crippen molar-refractivity contribution in [2.75, 3.05) is 16.9 Å². The predicted molar refractivity (Wildman–Crippen MR) is 111 cm³/mol. The lowest BCUT2D eigenvalue weighted by atomic mass is 10.2. The first-order valence-electron chi connectivity index (χ1n) is 9.26. The second-order valence-corrected chi connectivity index (χ2v) is 6.54. The Morgan fingerprint density at radius 2 is 2.21 bits per heavy atom. The van der Waals surface area contributed by atoms with Crippen molar-refractivity contribution >= 4 is 29.8 Å². The van der Waals surface area contributed by atoms with Crippen LogP contribution < -0.4 is 21.4 Å². The van der Waals surface area contributed by atoms with E-state index in [0.717, 1.165) is 18.7 Å². The van der Waals surface area contributed by atoms with Crippen LogP contribution in [0.2, 0.25) is 0 Å². The van der Waals surface area contributed by atoms with Gasteiger partial charge in [0.05, 0.1) is 24.1 Å². The van der Waals surface area contributed by atoms with E-state index in [1.54, 1.807) is 35.7 Å². The van der Waals surface area contributed by atoms with Crippen LogP contribution in [0.3, 0.4) is 0 Å². The minimum atomic E-state index is -0.342. The van der Waals surface area contributed by atoms with Crippen LogP contribution in [-0.4, -0.2) is 52.0 Å². The first-order chi connectivity index (χ1) is 14.2. The van der Waals surface area contributed by atoms with E-state index in [1.165, 1.54) is 6.20 Å². The van der Waals surface area contributed by atoms with Gasteiger partial charge in [-0.1, -0.05) is 6.08 Å². The van der Waals surface area contributed by atoms with Gasteiger partial charge in [0.15, 0.2) is 5.82 Å². The van der Waals surface area contributed by atoms with Gasteiger partial charge in [0.1, 0.15) is 11.9 Å². The number of hydrogen-bond acceptors (Lipinski definition) is 9. The fraction of sp³-hybridized carbons (Fsp3) is 0.263. The number of amides is 1. The molecule has 2 atom stereocenters. The number of hydrogen-bond donors (Lipinski definition) is 3. The molecule has 0 aromatic carbocycles. The first-order valence-corrected chi connectivity index (χ1v) is 9.26. The quantitative estimate of drug-likeness (QED) is 0.660. The number of hydrazone groups is 1. The molecule has 29 heavy (non-hydrogen) atoms. The van der Waals surface area contributed by atoms with Crippen molar-refractivity contribution in [2.45, 2.75) is 25.2 Å². The zero-order chi connectivity index (χ0) is 20.1. The number of carbonyl (C=O) groups is 1. The number of rotatable bonds is 6.